The number of ether oxygens (including phenoxy) is 1. The number of nitrogens with zero attached hydrogens (tertiary/aromatic N) is 1. The predicted octanol–water partition coefficient (Wildman–Crippen LogP) is 3.01. The Bertz CT molecular complexity index is 509. The Morgan fingerprint density at radius 1 is 1.22 bits per heavy atom. The summed E-state index contributed by atoms with van der Waals surface area (Å²) >= 11 is 0. The zero-order valence-electron chi connectivity index (χ0n) is 14.8. The Labute approximate surface area is 140 Å². The monoisotopic (exact) mass is 317 g/mol. The maximum Gasteiger partial charge on any atom is 0.191 e. The summed E-state index contributed by atoms with van der Waals surface area (Å²) < 4.78 is 5.35. The molecule has 0 saturated heterocycles. The van der Waals surface area contributed by atoms with Crippen molar-refractivity contribution in [3.05, 3.63) is 35.4 Å². The van der Waals surface area contributed by atoms with Gasteiger partial charge < -0.3 is 15.4 Å². The van der Waals surface area contributed by atoms with Crippen molar-refractivity contribution in [1.82, 2.24) is 10.6 Å². The topological polar surface area (TPSA) is 45.6 Å². The fourth-order valence-electron chi connectivity index (χ4n) is 3.01. The molecule has 0 atom stereocenters. The van der Waals surface area contributed by atoms with E-state index in [-0.39, 0.29) is 0 Å². The van der Waals surface area contributed by atoms with Crippen LogP contribution in [0.1, 0.15) is 43.7 Å². The summed E-state index contributed by atoms with van der Waals surface area (Å²) in [5.74, 6) is 0.904. The number of guanidine groups is 1. The average Bonchev–Trinajstić information content (AvgIpc) is 3.35. The highest BCUT2D eigenvalue weighted by Crippen LogP contribution is 2.48. The molecule has 4 heteroatoms. The number of hydrogen-bond acceptors (Lipinski definition) is 2. The molecule has 1 aliphatic carbocycles. The molecule has 0 heterocycles. The molecular weight excluding hydrogens is 286 g/mol. The highest BCUT2D eigenvalue weighted by Gasteiger charge is 2.44. The van der Waals surface area contributed by atoms with Crippen LogP contribution in [0, 0.1) is 6.92 Å². The van der Waals surface area contributed by atoms with E-state index in [1.165, 1.54) is 24.0 Å². The van der Waals surface area contributed by atoms with E-state index in [9.17, 15) is 0 Å². The standard InChI is InChI=1S/C19H31N3O/c1-4-23-14-8-7-13-21-18(20-3)22-15-19(11-12-19)17-10-6-5-9-16(17)2/h5-6,9-10H,4,7-8,11-15H2,1-3H3,(H2,20,21,22). The number of aliphatic imine (C=N–C) groups is 1. The van der Waals surface area contributed by atoms with Gasteiger partial charge in [-0.15, -0.1) is 0 Å². The van der Waals surface area contributed by atoms with Crippen molar-refractivity contribution in [3.8, 4) is 0 Å². The highest BCUT2D eigenvalue weighted by molar-refractivity contribution is 5.79. The largest absolute Gasteiger partial charge is 0.382 e. The van der Waals surface area contributed by atoms with Gasteiger partial charge in [0.05, 0.1) is 0 Å². The van der Waals surface area contributed by atoms with E-state index < -0.39 is 0 Å². The first-order valence-corrected chi connectivity index (χ1v) is 8.80. The molecule has 1 aliphatic rings. The van der Waals surface area contributed by atoms with Crippen LogP contribution in [0.5, 0.6) is 0 Å². The van der Waals surface area contributed by atoms with Crippen LogP contribution >= 0.6 is 0 Å². The molecule has 4 nitrogen and oxygen atoms in total. The minimum atomic E-state index is 0.304. The summed E-state index contributed by atoms with van der Waals surface area (Å²) in [4.78, 5) is 4.33. The third-order valence-corrected chi connectivity index (χ3v) is 4.60. The minimum absolute atomic E-state index is 0.304. The van der Waals surface area contributed by atoms with Gasteiger partial charge in [0.15, 0.2) is 5.96 Å². The Morgan fingerprint density at radius 2 is 2.00 bits per heavy atom. The van der Waals surface area contributed by atoms with E-state index in [4.69, 9.17) is 4.74 Å². The van der Waals surface area contributed by atoms with Crippen LogP contribution in [0.15, 0.2) is 29.3 Å². The number of hydrogen-bond donors (Lipinski definition) is 2. The Morgan fingerprint density at radius 3 is 2.65 bits per heavy atom. The van der Waals surface area contributed by atoms with Crippen molar-refractivity contribution in [2.75, 3.05) is 33.4 Å². The van der Waals surface area contributed by atoms with Crippen molar-refractivity contribution in [1.29, 1.82) is 0 Å². The third-order valence-electron chi connectivity index (χ3n) is 4.60. The highest BCUT2D eigenvalue weighted by atomic mass is 16.5. The maximum absolute atomic E-state index is 5.35. The van der Waals surface area contributed by atoms with E-state index in [1.54, 1.807) is 0 Å². The van der Waals surface area contributed by atoms with E-state index >= 15 is 0 Å². The fourth-order valence-corrected chi connectivity index (χ4v) is 3.01. The lowest BCUT2D eigenvalue weighted by Crippen LogP contribution is -2.41. The van der Waals surface area contributed by atoms with Gasteiger partial charge in [0, 0.05) is 38.8 Å². The molecule has 2 N–H and O–H groups in total. The third kappa shape index (κ3) is 5.24. The first kappa shape index (κ1) is 17.8. The zero-order chi connectivity index (χ0) is 16.5. The van der Waals surface area contributed by atoms with Gasteiger partial charge in [0.25, 0.3) is 0 Å². The van der Waals surface area contributed by atoms with E-state index in [2.05, 4.69) is 46.8 Å². The zero-order valence-corrected chi connectivity index (χ0v) is 14.8. The van der Waals surface area contributed by atoms with E-state index in [1.807, 2.05) is 14.0 Å². The second kappa shape index (κ2) is 8.92. The van der Waals surface area contributed by atoms with Crippen molar-refractivity contribution in [2.24, 2.45) is 4.99 Å². The van der Waals surface area contributed by atoms with Crippen molar-refractivity contribution in [2.45, 2.75) is 44.9 Å². The minimum Gasteiger partial charge on any atom is -0.382 e. The lowest BCUT2D eigenvalue weighted by molar-refractivity contribution is 0.143. The first-order valence-electron chi connectivity index (χ1n) is 8.80. The molecule has 23 heavy (non-hydrogen) atoms. The molecule has 1 aromatic rings. The number of aryl methyl sites for hydroxylation is 1. The lowest BCUT2D eigenvalue weighted by Gasteiger charge is -2.20. The van der Waals surface area contributed by atoms with Crippen LogP contribution < -0.4 is 10.6 Å². The smallest absolute Gasteiger partial charge is 0.191 e. The summed E-state index contributed by atoms with van der Waals surface area (Å²) in [6, 6.07) is 8.74. The second-order valence-corrected chi connectivity index (χ2v) is 6.35. The van der Waals surface area contributed by atoms with Gasteiger partial charge in [-0.2, -0.15) is 0 Å². The molecule has 0 radical (unpaired) electrons. The summed E-state index contributed by atoms with van der Waals surface area (Å²) in [7, 11) is 1.84. The van der Waals surface area contributed by atoms with Crippen molar-refractivity contribution in [3.63, 3.8) is 0 Å². The Kier molecular flexibility index (Phi) is 6.90. The van der Waals surface area contributed by atoms with E-state index in [0.29, 0.717) is 5.41 Å². The molecule has 1 aromatic carbocycles. The van der Waals surface area contributed by atoms with Gasteiger partial charge in [0.1, 0.15) is 0 Å². The molecule has 0 aromatic heterocycles. The van der Waals surface area contributed by atoms with Crippen LogP contribution in [0.25, 0.3) is 0 Å². The summed E-state index contributed by atoms with van der Waals surface area (Å²) in [6.45, 7) is 7.78. The summed E-state index contributed by atoms with van der Waals surface area (Å²) in [6.07, 6.45) is 4.71. The normalized spacial score (nSPS) is 16.2. The molecule has 0 amide bonds. The molecular formula is C19H31N3O. The number of rotatable bonds is 9. The van der Waals surface area contributed by atoms with Gasteiger partial charge in [-0.25, -0.2) is 0 Å². The number of unbranched alkanes of at least 4 members (excludes halogenated alkanes) is 1. The van der Waals surface area contributed by atoms with Crippen molar-refractivity contribution >= 4 is 5.96 Å². The quantitative estimate of drug-likeness (QED) is 0.418. The van der Waals surface area contributed by atoms with Gasteiger partial charge in [-0.3, -0.25) is 4.99 Å². The molecule has 1 fully saturated rings. The molecule has 0 bridgehead atoms. The van der Waals surface area contributed by atoms with Crippen LogP contribution in [0.2, 0.25) is 0 Å². The molecule has 128 valence electrons. The lowest BCUT2D eigenvalue weighted by atomic mass is 9.92. The number of nitrogens with one attached hydrogen (secondary N) is 2. The summed E-state index contributed by atoms with van der Waals surface area (Å²) in [5.41, 5.74) is 3.18. The van der Waals surface area contributed by atoms with Gasteiger partial charge >= 0.3 is 0 Å². The molecule has 1 saturated carbocycles. The second-order valence-electron chi connectivity index (χ2n) is 6.35. The first-order chi connectivity index (χ1) is 11.2. The maximum atomic E-state index is 5.35. The molecule has 0 spiro atoms. The summed E-state index contributed by atoms with van der Waals surface area (Å²) in [5, 5.41) is 6.90. The van der Waals surface area contributed by atoms with Crippen LogP contribution in [0.3, 0.4) is 0 Å². The fraction of sp³-hybridized carbons (Fsp3) is 0.632. The number of benzene rings is 1. The molecule has 0 unspecified atom stereocenters. The Balaban J connectivity index is 1.74. The molecule has 0 aliphatic heterocycles. The van der Waals surface area contributed by atoms with Gasteiger partial charge in [-0.05, 0) is 50.7 Å². The predicted molar refractivity (Wildman–Crippen MR) is 97.2 cm³/mol. The SMILES string of the molecule is CCOCCCCNC(=NC)NCC1(c2ccccc2C)CC1. The molecule has 2 rings (SSSR count). The van der Waals surface area contributed by atoms with Crippen LogP contribution in [-0.4, -0.2) is 39.3 Å². The van der Waals surface area contributed by atoms with Gasteiger partial charge in [-0.1, -0.05) is 24.3 Å². The van der Waals surface area contributed by atoms with E-state index in [0.717, 1.165) is 45.1 Å². The van der Waals surface area contributed by atoms with Gasteiger partial charge in [0.2, 0.25) is 0 Å². The Hall–Kier alpha value is -1.55. The average molecular weight is 317 g/mol. The van der Waals surface area contributed by atoms with Crippen molar-refractivity contribution < 1.29 is 4.74 Å². The van der Waals surface area contributed by atoms with Crippen LogP contribution in [0.4, 0.5) is 0 Å². The van der Waals surface area contributed by atoms with Crippen LogP contribution in [-0.2, 0) is 10.2 Å².